The molecular formula is C22H12BrClFNO3. The number of nitrogens with one attached hydrogen (secondary N) is 1. The number of hydrogen-bond donors (Lipinski definition) is 1. The predicted molar refractivity (Wildman–Crippen MR) is 113 cm³/mol. The van der Waals surface area contributed by atoms with Crippen LogP contribution >= 0.6 is 27.5 Å². The topological polar surface area (TPSA) is 59.3 Å². The van der Waals surface area contributed by atoms with Crippen LogP contribution in [0.2, 0.25) is 5.02 Å². The van der Waals surface area contributed by atoms with Gasteiger partial charge in [-0.15, -0.1) is 0 Å². The maximum absolute atomic E-state index is 13.2. The number of carbonyl (C=O) groups is 2. The first-order valence-corrected chi connectivity index (χ1v) is 9.69. The van der Waals surface area contributed by atoms with Gasteiger partial charge in [-0.3, -0.25) is 9.59 Å². The van der Waals surface area contributed by atoms with Crippen molar-refractivity contribution in [1.82, 2.24) is 0 Å². The molecule has 3 aromatic carbocycles. The number of halogens is 3. The summed E-state index contributed by atoms with van der Waals surface area (Å²) in [7, 11) is 0. The summed E-state index contributed by atoms with van der Waals surface area (Å²) in [6.07, 6.45) is 0. The molecule has 7 heteroatoms. The summed E-state index contributed by atoms with van der Waals surface area (Å²) in [5.41, 5.74) is 1.31. The van der Waals surface area contributed by atoms with Gasteiger partial charge in [0.2, 0.25) is 5.78 Å². The van der Waals surface area contributed by atoms with E-state index in [4.69, 9.17) is 16.0 Å². The van der Waals surface area contributed by atoms with E-state index in [0.29, 0.717) is 21.6 Å². The molecule has 0 radical (unpaired) electrons. The molecule has 0 saturated heterocycles. The van der Waals surface area contributed by atoms with E-state index < -0.39 is 17.5 Å². The highest BCUT2D eigenvalue weighted by atomic mass is 79.9. The summed E-state index contributed by atoms with van der Waals surface area (Å²) >= 11 is 9.29. The quantitative estimate of drug-likeness (QED) is 0.346. The predicted octanol–water partition coefficient (Wildman–Crippen LogP) is 6.47. The third kappa shape index (κ3) is 3.95. The minimum Gasteiger partial charge on any atom is -0.450 e. The number of carbonyl (C=O) groups excluding carboxylic acids is 2. The smallest absolute Gasteiger partial charge is 0.255 e. The second kappa shape index (κ2) is 7.81. The van der Waals surface area contributed by atoms with Crippen molar-refractivity contribution >= 4 is 55.9 Å². The van der Waals surface area contributed by atoms with Gasteiger partial charge < -0.3 is 9.73 Å². The zero-order chi connectivity index (χ0) is 20.5. The highest BCUT2D eigenvalue weighted by molar-refractivity contribution is 9.10. The number of ketones is 1. The molecule has 4 rings (SSSR count). The standard InChI is InChI=1S/C22H12BrClFNO3/c23-14-5-10-18-17(11-14)19(26-22(28)13-3-8-16(25)9-4-13)21(29-18)20(27)12-1-6-15(24)7-2-12/h1-11H,(H,26,28). The Morgan fingerprint density at radius 1 is 0.931 bits per heavy atom. The molecule has 4 nitrogen and oxygen atoms in total. The number of furan rings is 1. The lowest BCUT2D eigenvalue weighted by Crippen LogP contribution is -2.14. The summed E-state index contributed by atoms with van der Waals surface area (Å²) < 4.78 is 19.7. The first-order valence-electron chi connectivity index (χ1n) is 8.51. The molecule has 0 atom stereocenters. The van der Waals surface area contributed by atoms with Crippen molar-refractivity contribution in [3.63, 3.8) is 0 Å². The number of amides is 1. The van der Waals surface area contributed by atoms with Gasteiger partial charge in [0.15, 0.2) is 5.76 Å². The molecule has 0 fully saturated rings. The van der Waals surface area contributed by atoms with Gasteiger partial charge in [0.1, 0.15) is 11.4 Å². The van der Waals surface area contributed by atoms with Crippen LogP contribution in [0.3, 0.4) is 0 Å². The van der Waals surface area contributed by atoms with E-state index in [2.05, 4.69) is 21.2 Å². The summed E-state index contributed by atoms with van der Waals surface area (Å²) in [5.74, 6) is -1.34. The van der Waals surface area contributed by atoms with Crippen molar-refractivity contribution in [2.75, 3.05) is 5.32 Å². The number of fused-ring (bicyclic) bond motifs is 1. The molecular weight excluding hydrogens is 461 g/mol. The van der Waals surface area contributed by atoms with Gasteiger partial charge in [-0.05, 0) is 66.7 Å². The molecule has 29 heavy (non-hydrogen) atoms. The van der Waals surface area contributed by atoms with Crippen LogP contribution in [0, 0.1) is 5.82 Å². The van der Waals surface area contributed by atoms with Crippen LogP contribution in [0.5, 0.6) is 0 Å². The number of anilines is 1. The van der Waals surface area contributed by atoms with E-state index in [1.807, 2.05) is 0 Å². The Kier molecular flexibility index (Phi) is 5.22. The van der Waals surface area contributed by atoms with E-state index in [9.17, 15) is 14.0 Å². The monoisotopic (exact) mass is 471 g/mol. The van der Waals surface area contributed by atoms with Crippen LogP contribution in [0.15, 0.2) is 75.6 Å². The van der Waals surface area contributed by atoms with Gasteiger partial charge in [-0.2, -0.15) is 0 Å². The molecule has 1 amide bonds. The molecule has 0 aliphatic carbocycles. The van der Waals surface area contributed by atoms with Gasteiger partial charge in [-0.25, -0.2) is 4.39 Å². The minimum absolute atomic E-state index is 0.00381. The highest BCUT2D eigenvalue weighted by Gasteiger charge is 2.24. The lowest BCUT2D eigenvalue weighted by Gasteiger charge is -2.06. The zero-order valence-electron chi connectivity index (χ0n) is 14.7. The summed E-state index contributed by atoms with van der Waals surface area (Å²) in [6.45, 7) is 0. The molecule has 0 aliphatic heterocycles. The van der Waals surface area contributed by atoms with Crippen molar-refractivity contribution in [3.05, 3.63) is 98.9 Å². The zero-order valence-corrected chi connectivity index (χ0v) is 17.1. The number of benzene rings is 3. The Hall–Kier alpha value is -2.96. The molecule has 0 bridgehead atoms. The van der Waals surface area contributed by atoms with Crippen LogP contribution in [-0.2, 0) is 0 Å². The van der Waals surface area contributed by atoms with Gasteiger partial charge in [-0.1, -0.05) is 27.5 Å². The summed E-state index contributed by atoms with van der Waals surface area (Å²) in [4.78, 5) is 25.7. The maximum Gasteiger partial charge on any atom is 0.255 e. The summed E-state index contributed by atoms with van der Waals surface area (Å²) in [5, 5.41) is 3.80. The SMILES string of the molecule is O=C(Nc1c(C(=O)c2ccc(Cl)cc2)oc2ccc(Br)cc12)c1ccc(F)cc1. The highest BCUT2D eigenvalue weighted by Crippen LogP contribution is 2.35. The van der Waals surface area contributed by atoms with E-state index >= 15 is 0 Å². The van der Waals surface area contributed by atoms with Crippen LogP contribution in [0.25, 0.3) is 11.0 Å². The second-order valence-electron chi connectivity index (χ2n) is 6.24. The van der Waals surface area contributed by atoms with Crippen LogP contribution < -0.4 is 5.32 Å². The summed E-state index contributed by atoms with van der Waals surface area (Å²) in [6, 6.07) is 16.7. The molecule has 0 spiro atoms. The molecule has 0 saturated carbocycles. The normalized spacial score (nSPS) is 10.9. The third-order valence-corrected chi connectivity index (χ3v) is 5.05. The van der Waals surface area contributed by atoms with Gasteiger partial charge in [0.05, 0.1) is 5.69 Å². The van der Waals surface area contributed by atoms with Crippen molar-refractivity contribution in [1.29, 1.82) is 0 Å². The fourth-order valence-electron chi connectivity index (χ4n) is 2.87. The van der Waals surface area contributed by atoms with Crippen molar-refractivity contribution in [3.8, 4) is 0 Å². The molecule has 0 unspecified atom stereocenters. The molecule has 0 aliphatic rings. The molecule has 144 valence electrons. The number of rotatable bonds is 4. The minimum atomic E-state index is -0.488. The van der Waals surface area contributed by atoms with Crippen molar-refractivity contribution < 1.29 is 18.4 Å². The lowest BCUT2D eigenvalue weighted by molar-refractivity contribution is 0.101. The van der Waals surface area contributed by atoms with Gasteiger partial charge >= 0.3 is 0 Å². The van der Waals surface area contributed by atoms with Crippen LogP contribution in [0.4, 0.5) is 10.1 Å². The van der Waals surface area contributed by atoms with Crippen LogP contribution in [0.1, 0.15) is 26.5 Å². The Morgan fingerprint density at radius 3 is 2.28 bits per heavy atom. The van der Waals surface area contributed by atoms with Crippen LogP contribution in [-0.4, -0.2) is 11.7 Å². The molecule has 1 aromatic heterocycles. The van der Waals surface area contributed by atoms with Crippen molar-refractivity contribution in [2.24, 2.45) is 0 Å². The van der Waals surface area contributed by atoms with E-state index in [1.165, 1.54) is 24.3 Å². The Bertz CT molecular complexity index is 1230. The van der Waals surface area contributed by atoms with Crippen molar-refractivity contribution in [2.45, 2.75) is 0 Å². The largest absolute Gasteiger partial charge is 0.450 e. The molecule has 4 aromatic rings. The van der Waals surface area contributed by atoms with E-state index in [-0.39, 0.29) is 17.0 Å². The fourth-order valence-corrected chi connectivity index (χ4v) is 3.36. The van der Waals surface area contributed by atoms with E-state index in [0.717, 1.165) is 4.47 Å². The first kappa shape index (κ1) is 19.4. The van der Waals surface area contributed by atoms with Gasteiger partial charge in [0, 0.05) is 26.0 Å². The molecule has 1 heterocycles. The Balaban J connectivity index is 1.80. The average molecular weight is 473 g/mol. The third-order valence-electron chi connectivity index (χ3n) is 4.31. The van der Waals surface area contributed by atoms with E-state index in [1.54, 1.807) is 42.5 Å². The number of hydrogen-bond acceptors (Lipinski definition) is 3. The first-order chi connectivity index (χ1) is 13.9. The second-order valence-corrected chi connectivity index (χ2v) is 7.60. The fraction of sp³-hybridized carbons (Fsp3) is 0. The lowest BCUT2D eigenvalue weighted by atomic mass is 10.1. The molecule has 1 N–H and O–H groups in total. The maximum atomic E-state index is 13.2. The average Bonchev–Trinajstić information content (AvgIpc) is 3.06. The van der Waals surface area contributed by atoms with Gasteiger partial charge in [0.25, 0.3) is 5.91 Å². The Morgan fingerprint density at radius 2 is 1.59 bits per heavy atom. The Labute approximate surface area is 178 Å².